The van der Waals surface area contributed by atoms with Crippen molar-refractivity contribution >= 4 is 43.5 Å². The van der Waals surface area contributed by atoms with Crippen LogP contribution in [-0.2, 0) is 0 Å². The molecular weight excluding hydrogens is 635 g/mol. The van der Waals surface area contributed by atoms with Gasteiger partial charge in [0.2, 0.25) is 0 Å². The molecule has 0 aliphatic rings. The lowest BCUT2D eigenvalue weighted by Gasteiger charge is -2.15. The zero-order valence-electron chi connectivity index (χ0n) is 28.0. The molecule has 10 rings (SSSR count). The summed E-state index contributed by atoms with van der Waals surface area (Å²) in [6, 6.07) is 56.6. The maximum atomic E-state index is 5.39. The Hall–Kier alpha value is -7.11. The smallest absolute Gasteiger partial charge is 0.0978 e. The molecule has 5 heterocycles. The summed E-state index contributed by atoms with van der Waals surface area (Å²) >= 11 is 0. The molecule has 5 aromatic carbocycles. The van der Waals surface area contributed by atoms with Crippen molar-refractivity contribution in [3.05, 3.63) is 176 Å². The number of hydrogen-bond acceptors (Lipinski definition) is 5. The first-order valence-electron chi connectivity index (χ1n) is 17.3. The third-order valence-corrected chi connectivity index (χ3v) is 9.76. The summed E-state index contributed by atoms with van der Waals surface area (Å²) in [5.74, 6) is 0. The van der Waals surface area contributed by atoms with Crippen molar-refractivity contribution in [2.45, 2.75) is 0 Å². The van der Waals surface area contributed by atoms with E-state index in [1.807, 2.05) is 36.4 Å². The summed E-state index contributed by atoms with van der Waals surface area (Å²) in [5, 5.41) is 5.52. The lowest BCUT2D eigenvalue weighted by atomic mass is 9.92. The Kier molecular flexibility index (Phi) is 7.07. The molecule has 5 heteroatoms. The van der Waals surface area contributed by atoms with Crippen LogP contribution >= 0.6 is 0 Å². The SMILES string of the molecule is c1ccc(-c2c3ccccc3nc3c2ccc2ccc(-c4ccc(-c5cc(-c6ccccn6)nc(-c6ccccn6)c5)c5ccccc45)nc23)cc1. The van der Waals surface area contributed by atoms with Crippen LogP contribution in [0.15, 0.2) is 176 Å². The Bertz CT molecular complexity index is 2890. The number of aromatic nitrogens is 5. The molecule has 0 saturated heterocycles. The second-order valence-electron chi connectivity index (χ2n) is 12.9. The van der Waals surface area contributed by atoms with E-state index in [4.69, 9.17) is 15.0 Å². The number of nitrogens with zero attached hydrogens (tertiary/aromatic N) is 5. The van der Waals surface area contributed by atoms with Gasteiger partial charge in [-0.3, -0.25) is 9.97 Å². The highest BCUT2D eigenvalue weighted by atomic mass is 14.8. The normalized spacial score (nSPS) is 11.5. The second-order valence-corrected chi connectivity index (χ2v) is 12.9. The molecule has 0 aliphatic carbocycles. The fraction of sp³-hybridized carbons (Fsp3) is 0. The molecule has 0 N–H and O–H groups in total. The van der Waals surface area contributed by atoms with Gasteiger partial charge in [-0.25, -0.2) is 15.0 Å². The molecule has 5 aromatic heterocycles. The zero-order chi connectivity index (χ0) is 34.4. The maximum absolute atomic E-state index is 5.39. The van der Waals surface area contributed by atoms with Gasteiger partial charge in [0.1, 0.15) is 0 Å². The van der Waals surface area contributed by atoms with Crippen molar-refractivity contribution in [2.24, 2.45) is 0 Å². The van der Waals surface area contributed by atoms with E-state index in [0.29, 0.717) is 0 Å². The van der Waals surface area contributed by atoms with E-state index in [9.17, 15) is 0 Å². The largest absolute Gasteiger partial charge is 0.255 e. The van der Waals surface area contributed by atoms with Crippen LogP contribution in [0.25, 0.3) is 99.8 Å². The fourth-order valence-corrected chi connectivity index (χ4v) is 7.35. The second kappa shape index (κ2) is 12.3. The third-order valence-electron chi connectivity index (χ3n) is 9.76. The van der Waals surface area contributed by atoms with Gasteiger partial charge in [0.15, 0.2) is 0 Å². The summed E-state index contributed by atoms with van der Waals surface area (Å²) in [6.07, 6.45) is 3.60. The Balaban J connectivity index is 1.17. The van der Waals surface area contributed by atoms with Crippen LogP contribution in [0.3, 0.4) is 0 Å². The highest BCUT2D eigenvalue weighted by molar-refractivity contribution is 6.16. The van der Waals surface area contributed by atoms with E-state index < -0.39 is 0 Å². The highest BCUT2D eigenvalue weighted by Gasteiger charge is 2.17. The molecule has 0 spiro atoms. The lowest BCUT2D eigenvalue weighted by Crippen LogP contribution is -1.95. The quantitative estimate of drug-likeness (QED) is 0.135. The Morgan fingerprint density at radius 3 is 1.65 bits per heavy atom. The number of hydrogen-bond donors (Lipinski definition) is 0. The summed E-state index contributed by atoms with van der Waals surface area (Å²) < 4.78 is 0. The molecular formula is C47H29N5. The van der Waals surface area contributed by atoms with Gasteiger partial charge in [0.25, 0.3) is 0 Å². The molecule has 0 amide bonds. The minimum Gasteiger partial charge on any atom is -0.255 e. The van der Waals surface area contributed by atoms with E-state index >= 15 is 0 Å². The van der Waals surface area contributed by atoms with Gasteiger partial charge < -0.3 is 0 Å². The van der Waals surface area contributed by atoms with Crippen LogP contribution < -0.4 is 0 Å². The van der Waals surface area contributed by atoms with E-state index in [1.165, 1.54) is 5.56 Å². The van der Waals surface area contributed by atoms with Gasteiger partial charge in [0.05, 0.1) is 45.0 Å². The van der Waals surface area contributed by atoms with Gasteiger partial charge >= 0.3 is 0 Å². The number of pyridine rings is 5. The number of fused-ring (bicyclic) bond motifs is 5. The molecule has 10 aromatic rings. The molecule has 0 fully saturated rings. The van der Waals surface area contributed by atoms with Crippen LogP contribution in [0, 0.1) is 0 Å². The van der Waals surface area contributed by atoms with E-state index in [1.54, 1.807) is 12.4 Å². The first-order chi connectivity index (χ1) is 25.8. The van der Waals surface area contributed by atoms with Gasteiger partial charge in [-0.1, -0.05) is 115 Å². The van der Waals surface area contributed by atoms with Gasteiger partial charge in [0, 0.05) is 39.7 Å². The van der Waals surface area contributed by atoms with Crippen LogP contribution in [0.4, 0.5) is 0 Å². The number of para-hydroxylation sites is 1. The number of benzene rings is 5. The van der Waals surface area contributed by atoms with Crippen LogP contribution in [0.5, 0.6) is 0 Å². The van der Waals surface area contributed by atoms with Crippen molar-refractivity contribution in [1.82, 2.24) is 24.9 Å². The van der Waals surface area contributed by atoms with Crippen molar-refractivity contribution < 1.29 is 0 Å². The van der Waals surface area contributed by atoms with E-state index in [0.717, 1.165) is 94.2 Å². The average Bonchev–Trinajstić information content (AvgIpc) is 3.23. The first kappa shape index (κ1) is 29.8. The van der Waals surface area contributed by atoms with Gasteiger partial charge in [-0.15, -0.1) is 0 Å². The lowest BCUT2D eigenvalue weighted by molar-refractivity contribution is 1.22. The monoisotopic (exact) mass is 663 g/mol. The fourth-order valence-electron chi connectivity index (χ4n) is 7.35. The van der Waals surface area contributed by atoms with Crippen molar-refractivity contribution in [3.8, 4) is 56.3 Å². The van der Waals surface area contributed by atoms with Gasteiger partial charge in [-0.05, 0) is 76.0 Å². The molecule has 52 heavy (non-hydrogen) atoms. The molecule has 242 valence electrons. The summed E-state index contributed by atoms with van der Waals surface area (Å²) in [7, 11) is 0. The standard InChI is InChI=1S/C47H29N5/c1-2-12-30(13-3-1)45-37-16-6-7-17-39(37)52-47-38(45)22-20-31-21-25-40(51-46(31)47)36-24-23-33(34-14-4-5-15-35(34)36)32-28-43(41-18-8-10-26-48-41)50-44(29-32)42-19-9-11-27-49-42/h1-29H. The summed E-state index contributed by atoms with van der Waals surface area (Å²) in [5.41, 5.74) is 12.4. The predicted molar refractivity (Wildman–Crippen MR) is 213 cm³/mol. The Labute approximate surface area is 300 Å². The average molecular weight is 664 g/mol. The molecule has 0 saturated carbocycles. The Morgan fingerprint density at radius 2 is 0.942 bits per heavy atom. The van der Waals surface area contributed by atoms with Crippen molar-refractivity contribution in [3.63, 3.8) is 0 Å². The molecule has 0 radical (unpaired) electrons. The van der Waals surface area contributed by atoms with Crippen LogP contribution in [0.1, 0.15) is 0 Å². The van der Waals surface area contributed by atoms with Crippen LogP contribution in [-0.4, -0.2) is 24.9 Å². The number of rotatable bonds is 5. The molecule has 5 nitrogen and oxygen atoms in total. The predicted octanol–water partition coefficient (Wildman–Crippen LogP) is 11.6. The van der Waals surface area contributed by atoms with E-state index in [2.05, 4.69) is 137 Å². The third kappa shape index (κ3) is 5.07. The summed E-state index contributed by atoms with van der Waals surface area (Å²) in [4.78, 5) is 24.9. The maximum Gasteiger partial charge on any atom is 0.0978 e. The van der Waals surface area contributed by atoms with Crippen LogP contribution in [0.2, 0.25) is 0 Å². The Morgan fingerprint density at radius 1 is 0.327 bits per heavy atom. The van der Waals surface area contributed by atoms with Crippen molar-refractivity contribution in [1.29, 1.82) is 0 Å². The molecule has 0 bridgehead atoms. The molecule has 0 atom stereocenters. The topological polar surface area (TPSA) is 64.5 Å². The highest BCUT2D eigenvalue weighted by Crippen LogP contribution is 2.40. The summed E-state index contributed by atoms with van der Waals surface area (Å²) in [6.45, 7) is 0. The minimum atomic E-state index is 0.796. The van der Waals surface area contributed by atoms with Gasteiger partial charge in [-0.2, -0.15) is 0 Å². The molecule has 0 unspecified atom stereocenters. The zero-order valence-corrected chi connectivity index (χ0v) is 28.0. The molecule has 0 aliphatic heterocycles. The minimum absolute atomic E-state index is 0.796. The van der Waals surface area contributed by atoms with E-state index in [-0.39, 0.29) is 0 Å². The van der Waals surface area contributed by atoms with Crippen molar-refractivity contribution in [2.75, 3.05) is 0 Å². The first-order valence-corrected chi connectivity index (χ1v) is 17.3.